The van der Waals surface area contributed by atoms with Crippen molar-refractivity contribution in [3.8, 4) is 11.5 Å². The molecule has 3 amide bonds. The van der Waals surface area contributed by atoms with E-state index in [2.05, 4.69) is 10.6 Å². The molecule has 0 aliphatic carbocycles. The first-order chi connectivity index (χ1) is 13.0. The Morgan fingerprint density at radius 2 is 1.89 bits per heavy atom. The Bertz CT molecular complexity index is 853. The maximum Gasteiger partial charge on any atom is 0.319 e. The molecule has 0 saturated carbocycles. The Balaban J connectivity index is 1.65. The lowest BCUT2D eigenvalue weighted by Gasteiger charge is -2.22. The minimum atomic E-state index is -0.673. The molecule has 27 heavy (non-hydrogen) atoms. The number of nitrogens with zero attached hydrogens (tertiary/aromatic N) is 1. The number of methoxy groups -OCH3 is 2. The lowest BCUT2D eigenvalue weighted by atomic mass is 10.2. The Kier molecular flexibility index (Phi) is 5.49. The van der Waals surface area contributed by atoms with Gasteiger partial charge >= 0.3 is 6.03 Å². The van der Waals surface area contributed by atoms with Gasteiger partial charge in [0, 0.05) is 18.3 Å². The van der Waals surface area contributed by atoms with E-state index in [4.69, 9.17) is 9.47 Å². The smallest absolute Gasteiger partial charge is 0.319 e. The van der Waals surface area contributed by atoms with E-state index in [9.17, 15) is 9.59 Å². The third-order valence-electron chi connectivity index (χ3n) is 4.53. The molecule has 7 heteroatoms. The number of hydrogen-bond acceptors (Lipinski definition) is 4. The van der Waals surface area contributed by atoms with E-state index in [0.29, 0.717) is 23.7 Å². The van der Waals surface area contributed by atoms with E-state index in [-0.39, 0.29) is 5.91 Å². The Morgan fingerprint density at radius 3 is 2.63 bits per heavy atom. The Hall–Kier alpha value is -3.22. The van der Waals surface area contributed by atoms with Gasteiger partial charge in [-0.1, -0.05) is 18.2 Å². The summed E-state index contributed by atoms with van der Waals surface area (Å²) in [6.45, 7) is 2.29. The van der Waals surface area contributed by atoms with Gasteiger partial charge in [0.2, 0.25) is 5.91 Å². The molecule has 1 aliphatic rings. The highest BCUT2D eigenvalue weighted by Crippen LogP contribution is 2.29. The van der Waals surface area contributed by atoms with Gasteiger partial charge in [0.05, 0.1) is 19.9 Å². The summed E-state index contributed by atoms with van der Waals surface area (Å²) < 4.78 is 10.4. The van der Waals surface area contributed by atoms with Crippen LogP contribution >= 0.6 is 0 Å². The number of ether oxygens (including phenoxy) is 2. The van der Waals surface area contributed by atoms with Crippen LogP contribution in [0.2, 0.25) is 0 Å². The first-order valence-corrected chi connectivity index (χ1v) is 8.72. The van der Waals surface area contributed by atoms with Crippen molar-refractivity contribution in [2.75, 3.05) is 31.0 Å². The Labute approximate surface area is 158 Å². The van der Waals surface area contributed by atoms with Gasteiger partial charge < -0.3 is 25.0 Å². The van der Waals surface area contributed by atoms with Crippen LogP contribution in [-0.4, -0.2) is 38.7 Å². The molecular formula is C20H23N3O4. The largest absolute Gasteiger partial charge is 0.497 e. The second-order valence-corrected chi connectivity index (χ2v) is 6.25. The molecule has 0 saturated heterocycles. The number of rotatable bonds is 5. The highest BCUT2D eigenvalue weighted by molar-refractivity contribution is 6.02. The van der Waals surface area contributed by atoms with Crippen molar-refractivity contribution in [1.29, 1.82) is 0 Å². The van der Waals surface area contributed by atoms with Crippen LogP contribution in [0.5, 0.6) is 11.5 Å². The van der Waals surface area contributed by atoms with E-state index >= 15 is 0 Å². The molecule has 1 atom stereocenters. The molecule has 2 aromatic carbocycles. The van der Waals surface area contributed by atoms with Crippen LogP contribution in [-0.2, 0) is 11.2 Å². The standard InChI is InChI=1S/C20H23N3O4/c1-13(19(24)23-11-10-14-6-4-5-7-17(14)23)21-20(25)22-16-12-15(26-2)8-9-18(16)27-3/h4-9,12-13H,10-11H2,1-3H3,(H2,21,22,25). The van der Waals surface area contributed by atoms with Crippen LogP contribution in [0.3, 0.4) is 0 Å². The fourth-order valence-corrected chi connectivity index (χ4v) is 3.13. The summed E-state index contributed by atoms with van der Waals surface area (Å²) in [5.74, 6) is 0.940. The maximum atomic E-state index is 12.8. The monoisotopic (exact) mass is 369 g/mol. The quantitative estimate of drug-likeness (QED) is 0.849. The van der Waals surface area contributed by atoms with E-state index in [1.807, 2.05) is 24.3 Å². The van der Waals surface area contributed by atoms with Gasteiger partial charge in [-0.3, -0.25) is 4.79 Å². The summed E-state index contributed by atoms with van der Waals surface area (Å²) in [5.41, 5.74) is 2.51. The summed E-state index contributed by atoms with van der Waals surface area (Å²) in [4.78, 5) is 26.8. The third-order valence-corrected chi connectivity index (χ3v) is 4.53. The van der Waals surface area contributed by atoms with Crippen molar-refractivity contribution in [3.05, 3.63) is 48.0 Å². The van der Waals surface area contributed by atoms with E-state index in [1.54, 1.807) is 37.1 Å². The van der Waals surface area contributed by atoms with Gasteiger partial charge in [-0.25, -0.2) is 4.79 Å². The average molecular weight is 369 g/mol. The summed E-state index contributed by atoms with van der Waals surface area (Å²) in [6.07, 6.45) is 0.821. The summed E-state index contributed by atoms with van der Waals surface area (Å²) in [6, 6.07) is 11.7. The molecule has 142 valence electrons. The van der Waals surface area contributed by atoms with Crippen LogP contribution in [0.15, 0.2) is 42.5 Å². The highest BCUT2D eigenvalue weighted by atomic mass is 16.5. The SMILES string of the molecule is COc1ccc(OC)c(NC(=O)NC(C)C(=O)N2CCc3ccccc32)c1. The molecule has 0 aromatic heterocycles. The summed E-state index contributed by atoms with van der Waals surface area (Å²) >= 11 is 0. The van der Waals surface area contributed by atoms with Gasteiger partial charge in [-0.05, 0) is 37.1 Å². The van der Waals surface area contributed by atoms with E-state index in [0.717, 1.165) is 17.7 Å². The van der Waals surface area contributed by atoms with Crippen molar-refractivity contribution in [3.63, 3.8) is 0 Å². The van der Waals surface area contributed by atoms with Gasteiger partial charge in [-0.2, -0.15) is 0 Å². The number of carbonyl (C=O) groups is 2. The second kappa shape index (κ2) is 7.99. The number of urea groups is 1. The molecule has 7 nitrogen and oxygen atoms in total. The number of carbonyl (C=O) groups excluding carboxylic acids is 2. The third kappa shape index (κ3) is 3.97. The number of hydrogen-bond donors (Lipinski definition) is 2. The molecule has 2 aromatic rings. The molecule has 3 rings (SSSR count). The molecule has 1 aliphatic heterocycles. The first-order valence-electron chi connectivity index (χ1n) is 8.72. The normalized spacial score (nSPS) is 13.5. The zero-order valence-electron chi connectivity index (χ0n) is 15.6. The predicted octanol–water partition coefficient (Wildman–Crippen LogP) is 2.80. The van der Waals surface area contributed by atoms with Gasteiger partial charge in [-0.15, -0.1) is 0 Å². The predicted molar refractivity (Wildman–Crippen MR) is 104 cm³/mol. The van der Waals surface area contributed by atoms with Crippen molar-refractivity contribution in [1.82, 2.24) is 5.32 Å². The minimum Gasteiger partial charge on any atom is -0.497 e. The van der Waals surface area contributed by atoms with Gasteiger partial charge in [0.1, 0.15) is 17.5 Å². The zero-order valence-corrected chi connectivity index (χ0v) is 15.6. The van der Waals surface area contributed by atoms with Crippen LogP contribution in [0.4, 0.5) is 16.2 Å². The lowest BCUT2D eigenvalue weighted by Crippen LogP contribution is -2.47. The van der Waals surface area contributed by atoms with Crippen molar-refractivity contribution in [2.45, 2.75) is 19.4 Å². The molecular weight excluding hydrogens is 346 g/mol. The lowest BCUT2D eigenvalue weighted by molar-refractivity contribution is -0.119. The minimum absolute atomic E-state index is 0.146. The molecule has 0 radical (unpaired) electrons. The average Bonchev–Trinajstić information content (AvgIpc) is 3.11. The molecule has 0 bridgehead atoms. The van der Waals surface area contributed by atoms with Crippen LogP contribution < -0.4 is 25.0 Å². The van der Waals surface area contributed by atoms with Crippen LogP contribution in [0, 0.1) is 0 Å². The number of benzene rings is 2. The van der Waals surface area contributed by atoms with E-state index in [1.165, 1.54) is 7.11 Å². The summed E-state index contributed by atoms with van der Waals surface area (Å²) in [5, 5.41) is 5.39. The molecule has 0 spiro atoms. The molecule has 1 heterocycles. The maximum absolute atomic E-state index is 12.8. The van der Waals surface area contributed by atoms with E-state index < -0.39 is 12.1 Å². The number of anilines is 2. The first kappa shape index (κ1) is 18.6. The van der Waals surface area contributed by atoms with Crippen molar-refractivity contribution >= 4 is 23.3 Å². The summed E-state index contributed by atoms with van der Waals surface area (Å²) in [7, 11) is 3.06. The fraction of sp³-hybridized carbons (Fsp3) is 0.300. The zero-order chi connectivity index (χ0) is 19.4. The van der Waals surface area contributed by atoms with Gasteiger partial charge in [0.15, 0.2) is 0 Å². The number of nitrogens with one attached hydrogen (secondary N) is 2. The molecule has 1 unspecified atom stereocenters. The molecule has 0 fully saturated rings. The highest BCUT2D eigenvalue weighted by Gasteiger charge is 2.28. The molecule has 2 N–H and O–H groups in total. The van der Waals surface area contributed by atoms with Gasteiger partial charge in [0.25, 0.3) is 0 Å². The number of para-hydroxylation sites is 1. The number of amides is 3. The second-order valence-electron chi connectivity index (χ2n) is 6.25. The van der Waals surface area contributed by atoms with Crippen LogP contribution in [0.25, 0.3) is 0 Å². The Morgan fingerprint density at radius 1 is 1.11 bits per heavy atom. The number of fused-ring (bicyclic) bond motifs is 1. The van der Waals surface area contributed by atoms with Crippen molar-refractivity contribution < 1.29 is 19.1 Å². The topological polar surface area (TPSA) is 79.9 Å². The van der Waals surface area contributed by atoms with Crippen molar-refractivity contribution in [2.24, 2.45) is 0 Å². The van der Waals surface area contributed by atoms with Crippen LogP contribution in [0.1, 0.15) is 12.5 Å². The fourth-order valence-electron chi connectivity index (χ4n) is 3.13.